The number of hydrogen-bond acceptors (Lipinski definition) is 3. The third-order valence-electron chi connectivity index (χ3n) is 4.19. The van der Waals surface area contributed by atoms with Crippen LogP contribution in [0.4, 0.5) is 19.3 Å². The Morgan fingerprint density at radius 1 is 1.24 bits per heavy atom. The van der Waals surface area contributed by atoms with E-state index >= 15 is 0 Å². The Labute approximate surface area is 144 Å². The molecule has 0 spiro atoms. The Balaban J connectivity index is 1.69. The molecular weight excluding hydrogens is 328 g/mol. The van der Waals surface area contributed by atoms with Gasteiger partial charge in [0.05, 0.1) is 7.11 Å². The summed E-state index contributed by atoms with van der Waals surface area (Å²) in [6.07, 6.45) is 1.07. The van der Waals surface area contributed by atoms with E-state index in [9.17, 15) is 13.6 Å². The first kappa shape index (κ1) is 17.1. The zero-order chi connectivity index (χ0) is 18.0. The number of alkyl halides is 2. The molecule has 2 aromatic rings. The molecule has 0 unspecified atom stereocenters. The summed E-state index contributed by atoms with van der Waals surface area (Å²) in [5.41, 5.74) is 3.25. The molecule has 1 fully saturated rings. The number of amides is 2. The number of aromatic nitrogens is 1. The first-order valence-corrected chi connectivity index (χ1v) is 7.93. The number of rotatable bonds is 4. The SMILES string of the molecule is COc1ccc(-c2ccc(C)c(NC(=O)NC3CC(F)(F)C3)c2)cn1. The molecule has 132 valence electrons. The first-order valence-electron chi connectivity index (χ1n) is 7.93. The van der Waals surface area contributed by atoms with E-state index < -0.39 is 18.0 Å². The fourth-order valence-corrected chi connectivity index (χ4v) is 2.72. The van der Waals surface area contributed by atoms with Gasteiger partial charge in [0.1, 0.15) is 0 Å². The van der Waals surface area contributed by atoms with Gasteiger partial charge in [0.15, 0.2) is 0 Å². The van der Waals surface area contributed by atoms with Crippen molar-refractivity contribution >= 4 is 11.7 Å². The number of carbonyl (C=O) groups excluding carboxylic acids is 1. The topological polar surface area (TPSA) is 63.2 Å². The highest BCUT2D eigenvalue weighted by molar-refractivity contribution is 5.91. The van der Waals surface area contributed by atoms with Crippen LogP contribution < -0.4 is 15.4 Å². The molecular formula is C18H19F2N3O2. The summed E-state index contributed by atoms with van der Waals surface area (Å²) in [7, 11) is 1.55. The van der Waals surface area contributed by atoms with Crippen molar-refractivity contribution in [3.63, 3.8) is 0 Å². The molecule has 1 aromatic heterocycles. The highest BCUT2D eigenvalue weighted by atomic mass is 19.3. The summed E-state index contributed by atoms with van der Waals surface area (Å²) in [6.45, 7) is 1.86. The standard InChI is InChI=1S/C18H19F2N3O2/c1-11-3-4-12(13-5-6-16(25-2)21-10-13)7-15(11)23-17(24)22-14-8-18(19,20)9-14/h3-7,10,14H,8-9H2,1-2H3,(H2,22,23,24). The lowest BCUT2D eigenvalue weighted by Crippen LogP contribution is -2.51. The molecule has 3 rings (SSSR count). The maximum atomic E-state index is 12.8. The predicted octanol–water partition coefficient (Wildman–Crippen LogP) is 3.98. The molecule has 1 aliphatic carbocycles. The normalized spacial score (nSPS) is 16.0. The second kappa shape index (κ2) is 6.66. The molecule has 0 saturated heterocycles. The summed E-state index contributed by atoms with van der Waals surface area (Å²) in [4.78, 5) is 16.2. The Bertz CT molecular complexity index is 770. The predicted molar refractivity (Wildman–Crippen MR) is 91.1 cm³/mol. The number of urea groups is 1. The summed E-state index contributed by atoms with van der Waals surface area (Å²) < 4.78 is 30.7. The minimum absolute atomic E-state index is 0.309. The van der Waals surface area contributed by atoms with Crippen LogP contribution in [0.25, 0.3) is 11.1 Å². The number of nitrogens with one attached hydrogen (secondary N) is 2. The van der Waals surface area contributed by atoms with Gasteiger partial charge in [0, 0.05) is 42.4 Å². The van der Waals surface area contributed by atoms with Crippen molar-refractivity contribution in [1.82, 2.24) is 10.3 Å². The van der Waals surface area contributed by atoms with Crippen LogP contribution in [0.5, 0.6) is 5.88 Å². The van der Waals surface area contributed by atoms with Crippen molar-refractivity contribution in [3.05, 3.63) is 42.1 Å². The maximum Gasteiger partial charge on any atom is 0.319 e. The number of anilines is 1. The van der Waals surface area contributed by atoms with Crippen molar-refractivity contribution in [2.24, 2.45) is 0 Å². The molecule has 5 nitrogen and oxygen atoms in total. The number of aryl methyl sites for hydroxylation is 1. The lowest BCUT2D eigenvalue weighted by molar-refractivity contribution is -0.0893. The van der Waals surface area contributed by atoms with Gasteiger partial charge < -0.3 is 15.4 Å². The number of ether oxygens (including phenoxy) is 1. The van der Waals surface area contributed by atoms with Gasteiger partial charge in [-0.3, -0.25) is 0 Å². The molecule has 2 N–H and O–H groups in total. The van der Waals surface area contributed by atoms with E-state index in [0.29, 0.717) is 11.6 Å². The van der Waals surface area contributed by atoms with Gasteiger partial charge in [-0.05, 0) is 30.2 Å². The van der Waals surface area contributed by atoms with Crippen molar-refractivity contribution in [1.29, 1.82) is 0 Å². The Morgan fingerprint density at radius 2 is 1.96 bits per heavy atom. The summed E-state index contributed by atoms with van der Waals surface area (Å²) in [6, 6.07) is 8.30. The van der Waals surface area contributed by atoms with Crippen LogP contribution in [0.15, 0.2) is 36.5 Å². The van der Waals surface area contributed by atoms with Crippen molar-refractivity contribution in [2.45, 2.75) is 31.7 Å². The number of benzene rings is 1. The Kier molecular flexibility index (Phi) is 4.57. The summed E-state index contributed by atoms with van der Waals surface area (Å²) in [5.74, 6) is -2.14. The van der Waals surface area contributed by atoms with Gasteiger partial charge in [0.2, 0.25) is 5.88 Å². The van der Waals surface area contributed by atoms with E-state index in [-0.39, 0.29) is 12.8 Å². The van der Waals surface area contributed by atoms with Gasteiger partial charge in [-0.15, -0.1) is 0 Å². The second-order valence-electron chi connectivity index (χ2n) is 6.18. The Hall–Kier alpha value is -2.70. The fourth-order valence-electron chi connectivity index (χ4n) is 2.72. The molecule has 25 heavy (non-hydrogen) atoms. The lowest BCUT2D eigenvalue weighted by atomic mass is 9.88. The smallest absolute Gasteiger partial charge is 0.319 e. The van der Waals surface area contributed by atoms with Crippen LogP contribution in [0, 0.1) is 6.92 Å². The summed E-state index contributed by atoms with van der Waals surface area (Å²) >= 11 is 0. The van der Waals surface area contributed by atoms with Crippen molar-refractivity contribution in [3.8, 4) is 17.0 Å². The highest BCUT2D eigenvalue weighted by Crippen LogP contribution is 2.37. The van der Waals surface area contributed by atoms with Gasteiger partial charge in [-0.1, -0.05) is 12.1 Å². The molecule has 0 radical (unpaired) electrons. The van der Waals surface area contributed by atoms with Gasteiger partial charge in [0.25, 0.3) is 5.92 Å². The number of halogens is 2. The minimum atomic E-state index is -2.66. The van der Waals surface area contributed by atoms with Gasteiger partial charge >= 0.3 is 6.03 Å². The molecule has 0 atom stereocenters. The third-order valence-corrected chi connectivity index (χ3v) is 4.19. The molecule has 1 heterocycles. The average molecular weight is 347 g/mol. The molecule has 0 aliphatic heterocycles. The van der Waals surface area contributed by atoms with Gasteiger partial charge in [-0.25, -0.2) is 18.6 Å². The number of nitrogens with zero attached hydrogens (tertiary/aromatic N) is 1. The lowest BCUT2D eigenvalue weighted by Gasteiger charge is -2.35. The van der Waals surface area contributed by atoms with Crippen molar-refractivity contribution in [2.75, 3.05) is 12.4 Å². The number of pyridine rings is 1. The van der Waals surface area contributed by atoms with Crippen LogP contribution in [0.2, 0.25) is 0 Å². The van der Waals surface area contributed by atoms with E-state index in [1.165, 1.54) is 0 Å². The molecule has 1 saturated carbocycles. The van der Waals surface area contributed by atoms with Crippen LogP contribution in [-0.4, -0.2) is 30.1 Å². The third kappa shape index (κ3) is 4.04. The second-order valence-corrected chi connectivity index (χ2v) is 6.18. The average Bonchev–Trinajstić information content (AvgIpc) is 2.55. The molecule has 0 bridgehead atoms. The Morgan fingerprint density at radius 3 is 2.56 bits per heavy atom. The molecule has 1 aliphatic rings. The van der Waals surface area contributed by atoms with Crippen LogP contribution in [0.3, 0.4) is 0 Å². The minimum Gasteiger partial charge on any atom is -0.481 e. The quantitative estimate of drug-likeness (QED) is 0.879. The summed E-state index contributed by atoms with van der Waals surface area (Å²) in [5, 5.41) is 5.29. The van der Waals surface area contributed by atoms with Gasteiger partial charge in [-0.2, -0.15) is 0 Å². The number of hydrogen-bond donors (Lipinski definition) is 2. The van der Waals surface area contributed by atoms with E-state index in [4.69, 9.17) is 4.74 Å². The van der Waals surface area contributed by atoms with Crippen LogP contribution in [-0.2, 0) is 0 Å². The monoisotopic (exact) mass is 347 g/mol. The zero-order valence-corrected chi connectivity index (χ0v) is 14.0. The maximum absolute atomic E-state index is 12.8. The largest absolute Gasteiger partial charge is 0.481 e. The van der Waals surface area contributed by atoms with E-state index in [0.717, 1.165) is 16.7 Å². The molecule has 1 aromatic carbocycles. The van der Waals surface area contributed by atoms with E-state index in [1.54, 1.807) is 19.4 Å². The highest BCUT2D eigenvalue weighted by Gasteiger charge is 2.45. The fraction of sp³-hybridized carbons (Fsp3) is 0.333. The first-order chi connectivity index (χ1) is 11.9. The van der Waals surface area contributed by atoms with Crippen LogP contribution in [0.1, 0.15) is 18.4 Å². The van der Waals surface area contributed by atoms with Crippen molar-refractivity contribution < 1.29 is 18.3 Å². The number of carbonyl (C=O) groups is 1. The zero-order valence-electron chi connectivity index (χ0n) is 14.0. The van der Waals surface area contributed by atoms with E-state index in [2.05, 4.69) is 15.6 Å². The molecule has 2 amide bonds. The van der Waals surface area contributed by atoms with E-state index in [1.807, 2.05) is 31.2 Å². The number of methoxy groups -OCH3 is 1. The molecule has 7 heteroatoms. The van der Waals surface area contributed by atoms with Crippen LogP contribution >= 0.6 is 0 Å².